The summed E-state index contributed by atoms with van der Waals surface area (Å²) in [5.41, 5.74) is 5.53. The van der Waals surface area contributed by atoms with Gasteiger partial charge in [0.25, 0.3) is 0 Å². The van der Waals surface area contributed by atoms with Gasteiger partial charge < -0.3 is 10.8 Å². The fourth-order valence-electron chi connectivity index (χ4n) is 1.62. The van der Waals surface area contributed by atoms with Gasteiger partial charge in [-0.15, -0.1) is 0 Å². The molecule has 1 unspecified atom stereocenters. The molecule has 1 amide bonds. The largest absolute Gasteiger partial charge is 0.389 e. The summed E-state index contributed by atoms with van der Waals surface area (Å²) >= 11 is 0. The molecule has 0 bridgehead atoms. The third-order valence-corrected chi connectivity index (χ3v) is 4.58. The molecule has 0 saturated carbocycles. The lowest BCUT2D eigenvalue weighted by Gasteiger charge is -2.19. The van der Waals surface area contributed by atoms with E-state index in [2.05, 4.69) is 0 Å². The van der Waals surface area contributed by atoms with Crippen molar-refractivity contribution in [1.82, 2.24) is 4.31 Å². The van der Waals surface area contributed by atoms with E-state index in [1.165, 1.54) is 12.1 Å². The summed E-state index contributed by atoms with van der Waals surface area (Å²) in [7, 11) is -3.78. The van der Waals surface area contributed by atoms with Crippen LogP contribution in [0.15, 0.2) is 29.2 Å². The summed E-state index contributed by atoms with van der Waals surface area (Å²) in [6, 6.07) is 6.00. The first kappa shape index (κ1) is 15.6. The number of nitrogens with two attached hydrogens (primary N) is 1. The van der Waals surface area contributed by atoms with E-state index in [4.69, 9.17) is 5.73 Å². The van der Waals surface area contributed by atoms with Crippen LogP contribution in [-0.4, -0.2) is 36.8 Å². The van der Waals surface area contributed by atoms with Gasteiger partial charge in [-0.1, -0.05) is 19.1 Å². The molecular weight excluding hydrogens is 268 g/mol. The summed E-state index contributed by atoms with van der Waals surface area (Å²) in [6.07, 6.45) is -0.763. The van der Waals surface area contributed by atoms with E-state index in [0.717, 1.165) is 4.31 Å². The number of likely N-dealkylation sites (N-methyl/N-ethyl adjacent to an activating group) is 1. The van der Waals surface area contributed by atoms with Crippen LogP contribution in [0.25, 0.3) is 0 Å². The predicted molar refractivity (Wildman–Crippen MR) is 70.7 cm³/mol. The first-order valence-corrected chi connectivity index (χ1v) is 7.29. The van der Waals surface area contributed by atoms with E-state index in [-0.39, 0.29) is 18.0 Å². The first-order chi connectivity index (χ1) is 8.78. The van der Waals surface area contributed by atoms with Gasteiger partial charge in [0.15, 0.2) is 0 Å². The fourth-order valence-corrected chi connectivity index (χ4v) is 3.10. The molecule has 3 N–H and O–H groups in total. The van der Waals surface area contributed by atoms with Crippen LogP contribution in [0.5, 0.6) is 0 Å². The second kappa shape index (κ2) is 6.14. The zero-order valence-electron chi connectivity index (χ0n) is 10.9. The molecule has 0 aliphatic rings. The zero-order valence-corrected chi connectivity index (χ0v) is 11.7. The number of nitrogens with zero attached hydrogens (tertiary/aromatic N) is 1. The molecular formula is C12H18N2O4S. The average molecular weight is 286 g/mol. The van der Waals surface area contributed by atoms with Crippen molar-refractivity contribution in [1.29, 1.82) is 0 Å². The maximum absolute atomic E-state index is 12.3. The quantitative estimate of drug-likeness (QED) is 0.782. The van der Waals surface area contributed by atoms with Gasteiger partial charge in [0, 0.05) is 6.54 Å². The summed E-state index contributed by atoms with van der Waals surface area (Å²) in [4.78, 5) is 10.9. The highest BCUT2D eigenvalue weighted by atomic mass is 32.2. The second-order valence-corrected chi connectivity index (χ2v) is 6.08. The number of sulfonamides is 1. The van der Waals surface area contributed by atoms with Gasteiger partial charge in [0.05, 0.1) is 17.5 Å². The molecule has 7 heteroatoms. The van der Waals surface area contributed by atoms with E-state index in [0.29, 0.717) is 5.56 Å². The van der Waals surface area contributed by atoms with Crippen LogP contribution in [-0.2, 0) is 14.8 Å². The molecule has 106 valence electrons. The molecule has 0 aliphatic heterocycles. The number of hydrogen-bond donors (Lipinski definition) is 2. The SMILES string of the molecule is CCN(CC(N)=O)S(=O)(=O)c1cccc(C(C)O)c1. The van der Waals surface area contributed by atoms with Gasteiger partial charge in [0.2, 0.25) is 15.9 Å². The number of aliphatic hydroxyl groups is 1. The lowest BCUT2D eigenvalue weighted by Crippen LogP contribution is -2.38. The Balaban J connectivity index is 3.18. The van der Waals surface area contributed by atoms with E-state index >= 15 is 0 Å². The Labute approximate surface area is 112 Å². The summed E-state index contributed by atoms with van der Waals surface area (Å²) in [5, 5.41) is 9.47. The minimum atomic E-state index is -3.78. The highest BCUT2D eigenvalue weighted by Crippen LogP contribution is 2.20. The molecule has 1 atom stereocenters. The Morgan fingerprint density at radius 3 is 2.58 bits per heavy atom. The summed E-state index contributed by atoms with van der Waals surface area (Å²) < 4.78 is 25.6. The first-order valence-electron chi connectivity index (χ1n) is 5.85. The van der Waals surface area contributed by atoms with Crippen molar-refractivity contribution >= 4 is 15.9 Å². The molecule has 0 radical (unpaired) electrons. The van der Waals surface area contributed by atoms with Crippen molar-refractivity contribution in [3.8, 4) is 0 Å². The highest BCUT2D eigenvalue weighted by molar-refractivity contribution is 7.89. The Bertz CT molecular complexity index is 555. The molecule has 6 nitrogen and oxygen atoms in total. The van der Waals surface area contributed by atoms with E-state index < -0.39 is 22.0 Å². The maximum Gasteiger partial charge on any atom is 0.243 e. The van der Waals surface area contributed by atoms with Crippen LogP contribution in [0, 0.1) is 0 Å². The molecule has 0 aromatic heterocycles. The zero-order chi connectivity index (χ0) is 14.6. The van der Waals surface area contributed by atoms with Crippen LogP contribution in [0.4, 0.5) is 0 Å². The van der Waals surface area contributed by atoms with Crippen LogP contribution in [0.2, 0.25) is 0 Å². The Morgan fingerprint density at radius 1 is 1.47 bits per heavy atom. The van der Waals surface area contributed by atoms with Crippen molar-refractivity contribution in [2.75, 3.05) is 13.1 Å². The number of aliphatic hydroxyl groups excluding tert-OH is 1. The molecule has 0 fully saturated rings. The van der Waals surface area contributed by atoms with Crippen LogP contribution in [0.1, 0.15) is 25.5 Å². The molecule has 0 spiro atoms. The molecule has 1 rings (SSSR count). The standard InChI is InChI=1S/C12H18N2O4S/c1-3-14(8-12(13)16)19(17,18)11-6-4-5-10(7-11)9(2)15/h4-7,9,15H,3,8H2,1-2H3,(H2,13,16). The van der Waals surface area contributed by atoms with Gasteiger partial charge in [-0.2, -0.15) is 4.31 Å². The molecule has 1 aromatic rings. The van der Waals surface area contributed by atoms with Crippen LogP contribution in [0.3, 0.4) is 0 Å². The lowest BCUT2D eigenvalue weighted by atomic mass is 10.1. The number of primary amides is 1. The minimum absolute atomic E-state index is 0.0361. The van der Waals surface area contributed by atoms with Gasteiger partial charge in [-0.25, -0.2) is 8.42 Å². The number of carbonyl (C=O) groups is 1. The average Bonchev–Trinajstić information content (AvgIpc) is 2.35. The van der Waals surface area contributed by atoms with Gasteiger partial charge in [-0.3, -0.25) is 4.79 Å². The third kappa shape index (κ3) is 3.76. The normalized spacial score (nSPS) is 13.5. The predicted octanol–water partition coefficient (Wildman–Crippen LogP) is 0.236. The number of carbonyl (C=O) groups excluding carboxylic acids is 1. The number of benzene rings is 1. The van der Waals surface area contributed by atoms with Gasteiger partial charge in [0.1, 0.15) is 0 Å². The van der Waals surface area contributed by atoms with Crippen molar-refractivity contribution in [2.24, 2.45) is 5.73 Å². The molecule has 1 aromatic carbocycles. The Kier molecular flexibility index (Phi) is 5.04. The number of hydrogen-bond acceptors (Lipinski definition) is 4. The highest BCUT2D eigenvalue weighted by Gasteiger charge is 2.24. The number of amides is 1. The Hall–Kier alpha value is -1.44. The summed E-state index contributed by atoms with van der Waals surface area (Å²) in [5.74, 6) is -0.711. The monoisotopic (exact) mass is 286 g/mol. The third-order valence-electron chi connectivity index (χ3n) is 2.66. The molecule has 0 saturated heterocycles. The topological polar surface area (TPSA) is 101 Å². The Morgan fingerprint density at radius 2 is 2.11 bits per heavy atom. The number of rotatable bonds is 6. The lowest BCUT2D eigenvalue weighted by molar-refractivity contribution is -0.118. The van der Waals surface area contributed by atoms with Crippen molar-refractivity contribution in [3.63, 3.8) is 0 Å². The maximum atomic E-state index is 12.3. The molecule has 0 aliphatic carbocycles. The second-order valence-electron chi connectivity index (χ2n) is 4.15. The van der Waals surface area contributed by atoms with E-state index in [1.807, 2.05) is 0 Å². The van der Waals surface area contributed by atoms with Crippen molar-refractivity contribution < 1.29 is 18.3 Å². The minimum Gasteiger partial charge on any atom is -0.389 e. The van der Waals surface area contributed by atoms with Crippen LogP contribution >= 0.6 is 0 Å². The van der Waals surface area contributed by atoms with Gasteiger partial charge in [-0.05, 0) is 24.6 Å². The van der Waals surface area contributed by atoms with Crippen molar-refractivity contribution in [2.45, 2.75) is 24.8 Å². The van der Waals surface area contributed by atoms with Crippen LogP contribution < -0.4 is 5.73 Å². The smallest absolute Gasteiger partial charge is 0.243 e. The fraction of sp³-hybridized carbons (Fsp3) is 0.417. The van der Waals surface area contributed by atoms with E-state index in [9.17, 15) is 18.3 Å². The van der Waals surface area contributed by atoms with Crippen molar-refractivity contribution in [3.05, 3.63) is 29.8 Å². The van der Waals surface area contributed by atoms with Gasteiger partial charge >= 0.3 is 0 Å². The molecule has 19 heavy (non-hydrogen) atoms. The van der Waals surface area contributed by atoms with E-state index in [1.54, 1.807) is 26.0 Å². The molecule has 0 heterocycles. The summed E-state index contributed by atoms with van der Waals surface area (Å²) in [6.45, 7) is 2.95.